The van der Waals surface area contributed by atoms with Crippen molar-refractivity contribution in [2.45, 2.75) is 45.2 Å². The third-order valence-corrected chi connectivity index (χ3v) is 5.63. The van der Waals surface area contributed by atoms with Crippen molar-refractivity contribution in [3.8, 4) is 0 Å². The number of nitrogens with zero attached hydrogens (tertiary/aromatic N) is 5. The Bertz CT molecular complexity index is 757. The lowest BCUT2D eigenvalue weighted by atomic mass is 9.97. The van der Waals surface area contributed by atoms with E-state index < -0.39 is 0 Å². The smallest absolute Gasteiger partial charge is 0.219 e. The minimum atomic E-state index is 0.166. The van der Waals surface area contributed by atoms with E-state index in [2.05, 4.69) is 50.0 Å². The number of carbonyl (C=O) groups excluding carboxylic acids is 1. The largest absolute Gasteiger partial charge is 0.342 e. The van der Waals surface area contributed by atoms with Crippen molar-refractivity contribution in [2.24, 2.45) is 0 Å². The van der Waals surface area contributed by atoms with Gasteiger partial charge in [-0.2, -0.15) is 0 Å². The van der Waals surface area contributed by atoms with Crippen LogP contribution in [0, 0.1) is 0 Å². The Labute approximate surface area is 154 Å². The Morgan fingerprint density at radius 3 is 2.77 bits per heavy atom. The van der Waals surface area contributed by atoms with Gasteiger partial charge >= 0.3 is 0 Å². The fourth-order valence-corrected chi connectivity index (χ4v) is 4.16. The molecule has 138 valence electrons. The molecule has 2 aromatic rings. The lowest BCUT2D eigenvalue weighted by Gasteiger charge is -2.31. The molecular weight excluding hydrogens is 326 g/mol. The minimum Gasteiger partial charge on any atom is -0.342 e. The normalized spacial score (nSPS) is 21.3. The molecule has 1 aromatic heterocycles. The van der Waals surface area contributed by atoms with Crippen molar-refractivity contribution >= 4 is 5.91 Å². The van der Waals surface area contributed by atoms with Gasteiger partial charge in [0.1, 0.15) is 11.6 Å². The maximum absolute atomic E-state index is 11.8. The van der Waals surface area contributed by atoms with Crippen molar-refractivity contribution < 1.29 is 4.79 Å². The van der Waals surface area contributed by atoms with E-state index in [0.717, 1.165) is 70.2 Å². The van der Waals surface area contributed by atoms with E-state index in [0.29, 0.717) is 5.92 Å². The zero-order valence-corrected chi connectivity index (χ0v) is 15.5. The summed E-state index contributed by atoms with van der Waals surface area (Å²) in [5, 5.41) is 9.01. The highest BCUT2D eigenvalue weighted by molar-refractivity contribution is 5.73. The number of aromatic nitrogens is 3. The number of benzene rings is 1. The van der Waals surface area contributed by atoms with E-state index in [4.69, 9.17) is 0 Å². The molecule has 0 N–H and O–H groups in total. The zero-order chi connectivity index (χ0) is 17.9. The number of rotatable bonds is 3. The molecule has 3 heterocycles. The molecule has 1 saturated heterocycles. The van der Waals surface area contributed by atoms with E-state index in [9.17, 15) is 4.79 Å². The van der Waals surface area contributed by atoms with Gasteiger partial charge < -0.3 is 9.47 Å². The summed E-state index contributed by atoms with van der Waals surface area (Å²) in [7, 11) is 0. The van der Waals surface area contributed by atoms with E-state index >= 15 is 0 Å². The molecule has 0 aliphatic carbocycles. The first-order valence-electron chi connectivity index (χ1n) is 9.64. The van der Waals surface area contributed by atoms with Crippen molar-refractivity contribution in [3.63, 3.8) is 0 Å². The van der Waals surface area contributed by atoms with E-state index in [1.807, 2.05) is 4.90 Å². The predicted octanol–water partition coefficient (Wildman–Crippen LogP) is 2.06. The average molecular weight is 353 g/mol. The van der Waals surface area contributed by atoms with Gasteiger partial charge in [-0.3, -0.25) is 9.69 Å². The van der Waals surface area contributed by atoms with Crippen LogP contribution in [0.4, 0.5) is 0 Å². The Morgan fingerprint density at radius 1 is 1.12 bits per heavy atom. The van der Waals surface area contributed by atoms with Gasteiger partial charge in [-0.25, -0.2) is 0 Å². The zero-order valence-electron chi connectivity index (χ0n) is 15.5. The summed E-state index contributed by atoms with van der Waals surface area (Å²) in [6.45, 7) is 7.25. The number of carbonyl (C=O) groups is 1. The van der Waals surface area contributed by atoms with E-state index in [-0.39, 0.29) is 5.91 Å². The van der Waals surface area contributed by atoms with Gasteiger partial charge in [0.2, 0.25) is 5.91 Å². The molecule has 1 fully saturated rings. The first-order chi connectivity index (χ1) is 12.7. The SMILES string of the molecule is CC(=O)N1CCC[C@H](c2nnc3n2CCN(Cc2ccccc2)CC3)C1. The Hall–Kier alpha value is -2.21. The van der Waals surface area contributed by atoms with E-state index in [1.165, 1.54) is 5.56 Å². The lowest BCUT2D eigenvalue weighted by molar-refractivity contribution is -0.130. The minimum absolute atomic E-state index is 0.166. The molecule has 2 aliphatic rings. The molecular formula is C20H27N5O. The summed E-state index contributed by atoms with van der Waals surface area (Å²) >= 11 is 0. The molecule has 2 aliphatic heterocycles. The van der Waals surface area contributed by atoms with Crippen LogP contribution in [0.3, 0.4) is 0 Å². The highest BCUT2D eigenvalue weighted by Crippen LogP contribution is 2.27. The third-order valence-electron chi connectivity index (χ3n) is 5.63. The monoisotopic (exact) mass is 353 g/mol. The van der Waals surface area contributed by atoms with Crippen molar-refractivity contribution in [1.29, 1.82) is 0 Å². The van der Waals surface area contributed by atoms with Crippen LogP contribution in [-0.2, 0) is 24.3 Å². The van der Waals surface area contributed by atoms with Gasteiger partial charge in [-0.05, 0) is 18.4 Å². The number of hydrogen-bond acceptors (Lipinski definition) is 4. The van der Waals surface area contributed by atoms with Gasteiger partial charge in [0.25, 0.3) is 0 Å². The summed E-state index contributed by atoms with van der Waals surface area (Å²) in [6.07, 6.45) is 3.07. The maximum atomic E-state index is 11.8. The summed E-state index contributed by atoms with van der Waals surface area (Å²) in [6, 6.07) is 10.6. The molecule has 1 amide bonds. The summed E-state index contributed by atoms with van der Waals surface area (Å²) in [4.78, 5) is 16.2. The van der Waals surface area contributed by atoms with Crippen LogP contribution in [0.1, 0.15) is 42.9 Å². The maximum Gasteiger partial charge on any atom is 0.219 e. The van der Waals surface area contributed by atoms with Crippen molar-refractivity contribution in [3.05, 3.63) is 47.5 Å². The molecule has 0 bridgehead atoms. The third kappa shape index (κ3) is 3.65. The molecule has 4 rings (SSSR count). The van der Waals surface area contributed by atoms with Crippen LogP contribution in [0.15, 0.2) is 30.3 Å². The molecule has 0 unspecified atom stereocenters. The predicted molar refractivity (Wildman–Crippen MR) is 99.7 cm³/mol. The molecule has 6 heteroatoms. The standard InChI is InChI=1S/C20H27N5O/c1-16(26)24-10-5-8-18(15-24)20-22-21-19-9-11-23(12-13-25(19)20)14-17-6-3-2-4-7-17/h2-4,6-7,18H,5,8-15H2,1H3/t18-/m0/s1. The first kappa shape index (κ1) is 17.2. The summed E-state index contributed by atoms with van der Waals surface area (Å²) < 4.78 is 2.32. The van der Waals surface area contributed by atoms with Crippen LogP contribution in [0.5, 0.6) is 0 Å². The number of piperidine rings is 1. The fourth-order valence-electron chi connectivity index (χ4n) is 4.16. The van der Waals surface area contributed by atoms with Crippen LogP contribution in [-0.4, -0.2) is 56.7 Å². The highest BCUT2D eigenvalue weighted by Gasteiger charge is 2.29. The van der Waals surface area contributed by atoms with Gasteiger partial charge in [0.05, 0.1) is 0 Å². The first-order valence-corrected chi connectivity index (χ1v) is 9.64. The van der Waals surface area contributed by atoms with Crippen LogP contribution >= 0.6 is 0 Å². The molecule has 1 atom stereocenters. The quantitative estimate of drug-likeness (QED) is 0.848. The molecule has 0 saturated carbocycles. The van der Waals surface area contributed by atoms with Gasteiger partial charge in [-0.15, -0.1) is 10.2 Å². The second-order valence-corrected chi connectivity index (χ2v) is 7.44. The number of hydrogen-bond donors (Lipinski definition) is 0. The van der Waals surface area contributed by atoms with Gasteiger partial charge in [0.15, 0.2) is 0 Å². The van der Waals surface area contributed by atoms with Crippen molar-refractivity contribution in [1.82, 2.24) is 24.6 Å². The second kappa shape index (κ2) is 7.58. The number of amides is 1. The second-order valence-electron chi connectivity index (χ2n) is 7.44. The van der Waals surface area contributed by atoms with Gasteiger partial charge in [0, 0.05) is 58.5 Å². The topological polar surface area (TPSA) is 54.3 Å². The Kier molecular flexibility index (Phi) is 5.02. The number of likely N-dealkylation sites (tertiary alicyclic amines) is 1. The van der Waals surface area contributed by atoms with Crippen molar-refractivity contribution in [2.75, 3.05) is 26.2 Å². The summed E-state index contributed by atoms with van der Waals surface area (Å²) in [5.74, 6) is 2.65. The van der Waals surface area contributed by atoms with Gasteiger partial charge in [-0.1, -0.05) is 30.3 Å². The molecule has 0 radical (unpaired) electrons. The lowest BCUT2D eigenvalue weighted by Crippen LogP contribution is -2.38. The molecule has 1 aromatic carbocycles. The van der Waals surface area contributed by atoms with Crippen LogP contribution in [0.25, 0.3) is 0 Å². The Balaban J connectivity index is 1.45. The van der Waals surface area contributed by atoms with Crippen LogP contribution in [0.2, 0.25) is 0 Å². The Morgan fingerprint density at radius 2 is 1.96 bits per heavy atom. The average Bonchev–Trinajstić information content (AvgIpc) is 2.97. The van der Waals surface area contributed by atoms with Crippen LogP contribution < -0.4 is 0 Å². The molecule has 26 heavy (non-hydrogen) atoms. The summed E-state index contributed by atoms with van der Waals surface area (Å²) in [5.41, 5.74) is 1.36. The van der Waals surface area contributed by atoms with E-state index in [1.54, 1.807) is 6.92 Å². The molecule has 6 nitrogen and oxygen atoms in total. The fraction of sp³-hybridized carbons (Fsp3) is 0.550. The molecule has 0 spiro atoms. The highest BCUT2D eigenvalue weighted by atomic mass is 16.2. The number of fused-ring (bicyclic) bond motifs is 1.